The van der Waals surface area contributed by atoms with Crippen LogP contribution in [0.3, 0.4) is 0 Å². The summed E-state index contributed by atoms with van der Waals surface area (Å²) in [5.41, 5.74) is -0.0170. The summed E-state index contributed by atoms with van der Waals surface area (Å²) < 4.78 is 52.3. The molecule has 0 amide bonds. The number of nitrogens with zero attached hydrogens (tertiary/aromatic N) is 5. The highest BCUT2D eigenvalue weighted by atomic mass is 32.2. The number of pyridine rings is 1. The fraction of sp³-hybridized carbons (Fsp3) is 0.278. The molecular formula is C18H17F3N6OS2. The molecule has 3 aromatic rings. The number of aliphatic imine (C=N–C) groups is 1. The predicted octanol–water partition coefficient (Wildman–Crippen LogP) is 4.32. The Hall–Kier alpha value is -2.73. The number of hydrogen-bond acceptors (Lipinski definition) is 8. The van der Waals surface area contributed by atoms with Crippen molar-refractivity contribution in [1.82, 2.24) is 19.9 Å². The molecule has 0 bridgehead atoms. The molecule has 7 nitrogen and oxygen atoms in total. The summed E-state index contributed by atoms with van der Waals surface area (Å²) >= 11 is 1.18. The minimum absolute atomic E-state index is 0.0519. The number of alkyl halides is 3. The van der Waals surface area contributed by atoms with E-state index in [4.69, 9.17) is 0 Å². The van der Waals surface area contributed by atoms with E-state index < -0.39 is 22.7 Å². The first-order valence-electron chi connectivity index (χ1n) is 8.71. The van der Waals surface area contributed by atoms with Crippen LogP contribution in [0.15, 0.2) is 39.9 Å². The van der Waals surface area contributed by atoms with Crippen molar-refractivity contribution in [2.24, 2.45) is 4.99 Å². The zero-order chi connectivity index (χ0) is 21.9. The highest BCUT2D eigenvalue weighted by Crippen LogP contribution is 2.35. The summed E-state index contributed by atoms with van der Waals surface area (Å²) in [5.74, 6) is 0.724. The molecule has 0 aliphatic rings. The van der Waals surface area contributed by atoms with Crippen LogP contribution in [0.1, 0.15) is 25.2 Å². The lowest BCUT2D eigenvalue weighted by Gasteiger charge is -2.10. The number of hydrogen-bond donors (Lipinski definition) is 1. The van der Waals surface area contributed by atoms with Gasteiger partial charge < -0.3 is 5.32 Å². The van der Waals surface area contributed by atoms with E-state index in [9.17, 15) is 17.4 Å². The minimum Gasteiger partial charge on any atom is -0.385 e. The van der Waals surface area contributed by atoms with Gasteiger partial charge in [-0.1, -0.05) is 6.92 Å². The third-order valence-corrected chi connectivity index (χ3v) is 6.68. The van der Waals surface area contributed by atoms with Crippen molar-refractivity contribution in [3.63, 3.8) is 0 Å². The predicted molar refractivity (Wildman–Crippen MR) is 111 cm³/mol. The lowest BCUT2D eigenvalue weighted by Crippen LogP contribution is -2.08. The van der Waals surface area contributed by atoms with E-state index in [0.29, 0.717) is 37.9 Å². The summed E-state index contributed by atoms with van der Waals surface area (Å²) in [6.45, 7) is 3.37. The van der Waals surface area contributed by atoms with Gasteiger partial charge >= 0.3 is 6.18 Å². The second kappa shape index (κ2) is 8.96. The topological polar surface area (TPSA) is 93.0 Å². The normalized spacial score (nSPS) is 13.3. The molecule has 1 atom stereocenters. The highest BCUT2D eigenvalue weighted by Gasteiger charge is 2.33. The van der Waals surface area contributed by atoms with Gasteiger partial charge in [-0.3, -0.25) is 4.21 Å². The molecule has 12 heteroatoms. The van der Waals surface area contributed by atoms with E-state index in [1.165, 1.54) is 11.3 Å². The highest BCUT2D eigenvalue weighted by molar-refractivity contribution is 7.87. The average molecular weight is 455 g/mol. The van der Waals surface area contributed by atoms with Gasteiger partial charge in [-0.25, -0.2) is 24.9 Å². The summed E-state index contributed by atoms with van der Waals surface area (Å²) in [6.07, 6.45) is -0.395. The van der Waals surface area contributed by atoms with Gasteiger partial charge in [0.2, 0.25) is 0 Å². The lowest BCUT2D eigenvalue weighted by molar-refractivity contribution is -0.141. The standard InChI is InChI=1S/C18H17F3N6OS2/c1-4-30(28)17-14(27-16(29-17)15-23-6-5-7-24-15)10(2)26-11-8-13(18(19,20)21)25-9-12(11)22-3/h5-9,22H,4H2,1-3H3. The van der Waals surface area contributed by atoms with Crippen LogP contribution in [-0.4, -0.2) is 42.7 Å². The minimum atomic E-state index is -4.60. The molecule has 0 saturated heterocycles. The second-order valence-corrected chi connectivity index (χ2v) is 8.83. The molecule has 0 aliphatic carbocycles. The number of rotatable bonds is 6. The van der Waals surface area contributed by atoms with E-state index in [1.54, 1.807) is 39.4 Å². The third-order valence-electron chi connectivity index (χ3n) is 3.89. The molecule has 0 saturated carbocycles. The molecule has 30 heavy (non-hydrogen) atoms. The Morgan fingerprint density at radius 3 is 2.57 bits per heavy atom. The number of thiazole rings is 1. The molecule has 1 N–H and O–H groups in total. The molecule has 0 radical (unpaired) electrons. The molecule has 158 valence electrons. The maximum absolute atomic E-state index is 13.1. The quantitative estimate of drug-likeness (QED) is 0.558. The molecule has 0 aromatic carbocycles. The average Bonchev–Trinajstić information content (AvgIpc) is 3.19. The molecular weight excluding hydrogens is 437 g/mol. The Bertz CT molecular complexity index is 1100. The van der Waals surface area contributed by atoms with Gasteiger partial charge in [0.05, 0.1) is 34.1 Å². The number of aromatic nitrogens is 4. The summed E-state index contributed by atoms with van der Waals surface area (Å²) in [7, 11) is 0.212. The number of anilines is 1. The summed E-state index contributed by atoms with van der Waals surface area (Å²) in [4.78, 5) is 20.6. The first-order valence-corrected chi connectivity index (χ1v) is 10.8. The third kappa shape index (κ3) is 4.70. The zero-order valence-electron chi connectivity index (χ0n) is 16.2. The first kappa shape index (κ1) is 22.0. The van der Waals surface area contributed by atoms with Crippen LogP contribution in [-0.2, 0) is 17.0 Å². The van der Waals surface area contributed by atoms with Crippen LogP contribution in [0.4, 0.5) is 24.5 Å². The first-order chi connectivity index (χ1) is 14.2. The van der Waals surface area contributed by atoms with Crippen molar-refractivity contribution >= 4 is 39.2 Å². The van der Waals surface area contributed by atoms with Crippen molar-refractivity contribution in [2.75, 3.05) is 18.1 Å². The van der Waals surface area contributed by atoms with Crippen LogP contribution < -0.4 is 5.32 Å². The molecule has 0 fully saturated rings. The van der Waals surface area contributed by atoms with Crippen LogP contribution >= 0.6 is 11.3 Å². The fourth-order valence-corrected chi connectivity index (χ4v) is 4.88. The van der Waals surface area contributed by atoms with Crippen molar-refractivity contribution in [3.8, 4) is 10.8 Å². The smallest absolute Gasteiger partial charge is 0.385 e. The van der Waals surface area contributed by atoms with Crippen molar-refractivity contribution < 1.29 is 17.4 Å². The second-order valence-electron chi connectivity index (χ2n) is 5.89. The summed E-state index contributed by atoms with van der Waals surface area (Å²) in [6, 6.07) is 2.52. The maximum atomic E-state index is 13.1. The lowest BCUT2D eigenvalue weighted by atomic mass is 10.2. The van der Waals surface area contributed by atoms with Gasteiger partial charge in [-0.2, -0.15) is 13.2 Å². The Kier molecular flexibility index (Phi) is 6.56. The van der Waals surface area contributed by atoms with Crippen molar-refractivity contribution in [3.05, 3.63) is 42.1 Å². The zero-order valence-corrected chi connectivity index (χ0v) is 17.8. The van der Waals surface area contributed by atoms with Gasteiger partial charge in [0, 0.05) is 25.2 Å². The number of halogens is 3. The van der Waals surface area contributed by atoms with E-state index in [-0.39, 0.29) is 5.69 Å². The Morgan fingerprint density at radius 2 is 1.97 bits per heavy atom. The maximum Gasteiger partial charge on any atom is 0.433 e. The van der Waals surface area contributed by atoms with Crippen LogP contribution in [0.25, 0.3) is 10.8 Å². The molecule has 3 heterocycles. The molecule has 0 aliphatic heterocycles. The van der Waals surface area contributed by atoms with Gasteiger partial charge in [0.15, 0.2) is 10.8 Å². The number of nitrogens with one attached hydrogen (secondary N) is 1. The molecule has 0 spiro atoms. The van der Waals surface area contributed by atoms with Gasteiger partial charge in [0.25, 0.3) is 0 Å². The molecule has 3 rings (SSSR count). The Morgan fingerprint density at radius 1 is 1.27 bits per heavy atom. The Labute approximate surface area is 177 Å². The van der Waals surface area contributed by atoms with Gasteiger partial charge in [-0.05, 0) is 19.1 Å². The van der Waals surface area contributed by atoms with Crippen molar-refractivity contribution in [2.45, 2.75) is 24.2 Å². The SMILES string of the molecule is CCS(=O)c1sc(-c2ncccn2)nc1C(C)=Nc1cc(C(F)(F)F)ncc1NC. The van der Waals surface area contributed by atoms with Gasteiger partial charge in [-0.15, -0.1) is 11.3 Å². The molecule has 3 aromatic heterocycles. The van der Waals surface area contributed by atoms with Crippen LogP contribution in [0.5, 0.6) is 0 Å². The van der Waals surface area contributed by atoms with E-state index in [1.807, 2.05) is 0 Å². The van der Waals surface area contributed by atoms with Crippen LogP contribution in [0, 0.1) is 0 Å². The van der Waals surface area contributed by atoms with Crippen LogP contribution in [0.2, 0.25) is 0 Å². The van der Waals surface area contributed by atoms with Gasteiger partial charge in [0.1, 0.15) is 15.6 Å². The van der Waals surface area contributed by atoms with Crippen molar-refractivity contribution in [1.29, 1.82) is 0 Å². The van der Waals surface area contributed by atoms with E-state index >= 15 is 0 Å². The molecule has 1 unspecified atom stereocenters. The summed E-state index contributed by atoms with van der Waals surface area (Å²) in [5, 5.41) is 3.23. The van der Waals surface area contributed by atoms with E-state index in [0.717, 1.165) is 12.3 Å². The van der Waals surface area contributed by atoms with E-state index in [2.05, 4.69) is 30.2 Å². The largest absolute Gasteiger partial charge is 0.433 e. The fourth-order valence-electron chi connectivity index (χ4n) is 2.44. The monoisotopic (exact) mass is 454 g/mol. The Balaban J connectivity index is 2.12.